The molecule has 1 rings (SSSR count). The minimum absolute atomic E-state index is 0.386. The fraction of sp³-hybridized carbons (Fsp3) is 0.700. The van der Waals surface area contributed by atoms with E-state index in [2.05, 4.69) is 13.5 Å². The first-order valence-corrected chi connectivity index (χ1v) is 4.32. The largest absolute Gasteiger partial charge is 0.299 e. The number of hydrogen-bond acceptors (Lipinski definition) is 1. The highest BCUT2D eigenvalue weighted by Crippen LogP contribution is 2.42. The fourth-order valence-electron chi connectivity index (χ4n) is 1.52. The minimum Gasteiger partial charge on any atom is -0.299 e. The Bertz CT molecular complexity index is 181. The van der Waals surface area contributed by atoms with E-state index in [1.807, 2.05) is 6.92 Å². The molecular formula is C10H16O. The van der Waals surface area contributed by atoms with Crippen LogP contribution in [0.1, 0.15) is 33.1 Å². The second-order valence-electron chi connectivity index (χ2n) is 3.61. The maximum atomic E-state index is 11.3. The molecule has 0 aromatic carbocycles. The zero-order chi connectivity index (χ0) is 8.43. The Hall–Kier alpha value is -0.590. The molecule has 0 aromatic heterocycles. The summed E-state index contributed by atoms with van der Waals surface area (Å²) in [5.41, 5.74) is 0.997. The van der Waals surface area contributed by atoms with Crippen LogP contribution in [0.2, 0.25) is 0 Å². The van der Waals surface area contributed by atoms with Crippen LogP contribution in [0.3, 0.4) is 0 Å². The highest BCUT2D eigenvalue weighted by molar-refractivity contribution is 5.85. The van der Waals surface area contributed by atoms with E-state index in [0.29, 0.717) is 24.0 Å². The van der Waals surface area contributed by atoms with Gasteiger partial charge < -0.3 is 0 Å². The molecule has 62 valence electrons. The van der Waals surface area contributed by atoms with Crippen LogP contribution in [0.4, 0.5) is 0 Å². The molecule has 0 aromatic rings. The van der Waals surface area contributed by atoms with Gasteiger partial charge in [-0.1, -0.05) is 25.5 Å². The Kier molecular flexibility index (Phi) is 2.48. The first-order chi connectivity index (χ1) is 5.15. The molecular weight excluding hydrogens is 136 g/mol. The van der Waals surface area contributed by atoms with E-state index in [1.165, 1.54) is 0 Å². The van der Waals surface area contributed by atoms with Crippen LogP contribution in [0.15, 0.2) is 12.2 Å². The van der Waals surface area contributed by atoms with E-state index in [4.69, 9.17) is 0 Å². The van der Waals surface area contributed by atoms with E-state index >= 15 is 0 Å². The maximum absolute atomic E-state index is 11.3. The highest BCUT2D eigenvalue weighted by atomic mass is 16.1. The van der Waals surface area contributed by atoms with E-state index in [-0.39, 0.29) is 0 Å². The van der Waals surface area contributed by atoms with Gasteiger partial charge in [0.25, 0.3) is 0 Å². The predicted octanol–water partition coefficient (Wildman–Crippen LogP) is 2.57. The first kappa shape index (κ1) is 8.51. The lowest BCUT2D eigenvalue weighted by molar-refractivity contribution is -0.119. The Balaban J connectivity index is 2.28. The molecule has 0 N–H and O–H groups in total. The maximum Gasteiger partial charge on any atom is 0.140 e. The van der Waals surface area contributed by atoms with Crippen molar-refractivity contribution in [3.8, 4) is 0 Å². The molecule has 1 aliphatic rings. The van der Waals surface area contributed by atoms with Crippen LogP contribution < -0.4 is 0 Å². The quantitative estimate of drug-likeness (QED) is 0.566. The lowest BCUT2D eigenvalue weighted by Crippen LogP contribution is -2.02. The smallest absolute Gasteiger partial charge is 0.140 e. The topological polar surface area (TPSA) is 17.1 Å². The van der Waals surface area contributed by atoms with Crippen molar-refractivity contribution in [2.24, 2.45) is 11.8 Å². The summed E-state index contributed by atoms with van der Waals surface area (Å²) < 4.78 is 0. The molecule has 0 radical (unpaired) electrons. The standard InChI is InChI=1S/C10H16O/c1-4-8-6-9(8)10(11)5-7(2)3/h8-9H,2,4-6H2,1,3H3/t8-,9-/m1/s1. The van der Waals surface area contributed by atoms with E-state index in [1.54, 1.807) is 0 Å². The van der Waals surface area contributed by atoms with Gasteiger partial charge in [-0.3, -0.25) is 4.79 Å². The van der Waals surface area contributed by atoms with Gasteiger partial charge in [-0.15, -0.1) is 0 Å². The van der Waals surface area contributed by atoms with Crippen molar-refractivity contribution in [2.45, 2.75) is 33.1 Å². The number of carbonyl (C=O) groups is 1. The third kappa shape index (κ3) is 2.18. The SMILES string of the molecule is C=C(C)CC(=O)[C@@H]1C[C@H]1CC. The zero-order valence-corrected chi connectivity index (χ0v) is 7.39. The van der Waals surface area contributed by atoms with E-state index in [9.17, 15) is 4.79 Å². The summed E-state index contributed by atoms with van der Waals surface area (Å²) in [6.07, 6.45) is 2.89. The summed E-state index contributed by atoms with van der Waals surface area (Å²) in [5, 5.41) is 0. The van der Waals surface area contributed by atoms with Crippen LogP contribution >= 0.6 is 0 Å². The van der Waals surface area contributed by atoms with Crippen molar-refractivity contribution < 1.29 is 4.79 Å². The normalized spacial score (nSPS) is 28.2. The highest BCUT2D eigenvalue weighted by Gasteiger charge is 2.40. The van der Waals surface area contributed by atoms with Crippen LogP contribution in [-0.4, -0.2) is 5.78 Å². The van der Waals surface area contributed by atoms with Gasteiger partial charge in [-0.25, -0.2) is 0 Å². The van der Waals surface area contributed by atoms with Crippen molar-refractivity contribution in [1.82, 2.24) is 0 Å². The van der Waals surface area contributed by atoms with Crippen LogP contribution in [-0.2, 0) is 4.79 Å². The second kappa shape index (κ2) is 3.21. The van der Waals surface area contributed by atoms with Gasteiger partial charge in [0.1, 0.15) is 5.78 Å². The molecule has 1 saturated carbocycles. The zero-order valence-electron chi connectivity index (χ0n) is 7.39. The molecule has 0 heterocycles. The van der Waals surface area contributed by atoms with Gasteiger partial charge in [0.15, 0.2) is 0 Å². The van der Waals surface area contributed by atoms with Crippen LogP contribution in [0.25, 0.3) is 0 Å². The number of allylic oxidation sites excluding steroid dienone is 1. The monoisotopic (exact) mass is 152 g/mol. The Morgan fingerprint density at radius 3 is 2.64 bits per heavy atom. The molecule has 0 amide bonds. The van der Waals surface area contributed by atoms with Crippen molar-refractivity contribution in [3.05, 3.63) is 12.2 Å². The summed E-state index contributed by atoms with van der Waals surface area (Å²) >= 11 is 0. The summed E-state index contributed by atoms with van der Waals surface area (Å²) in [6, 6.07) is 0. The van der Waals surface area contributed by atoms with Crippen LogP contribution in [0, 0.1) is 11.8 Å². The van der Waals surface area contributed by atoms with Crippen molar-refractivity contribution in [1.29, 1.82) is 0 Å². The minimum atomic E-state index is 0.386. The van der Waals surface area contributed by atoms with E-state index < -0.39 is 0 Å². The summed E-state index contributed by atoms with van der Waals surface area (Å²) in [4.78, 5) is 11.3. The number of rotatable bonds is 4. The number of carbonyl (C=O) groups excluding carboxylic acids is 1. The lowest BCUT2D eigenvalue weighted by atomic mass is 10.1. The first-order valence-electron chi connectivity index (χ1n) is 4.32. The Morgan fingerprint density at radius 1 is 1.64 bits per heavy atom. The molecule has 1 nitrogen and oxygen atoms in total. The van der Waals surface area contributed by atoms with Crippen molar-refractivity contribution in [2.75, 3.05) is 0 Å². The average Bonchev–Trinajstić information content (AvgIpc) is 2.63. The number of ketones is 1. The third-order valence-electron chi connectivity index (χ3n) is 2.34. The second-order valence-corrected chi connectivity index (χ2v) is 3.61. The average molecular weight is 152 g/mol. The molecule has 1 aliphatic carbocycles. The molecule has 2 atom stereocenters. The molecule has 1 heteroatoms. The van der Waals surface area contributed by atoms with Gasteiger partial charge in [-0.2, -0.15) is 0 Å². The van der Waals surface area contributed by atoms with Gasteiger partial charge in [0, 0.05) is 12.3 Å². The molecule has 11 heavy (non-hydrogen) atoms. The fourth-order valence-corrected chi connectivity index (χ4v) is 1.52. The molecule has 0 bridgehead atoms. The van der Waals surface area contributed by atoms with E-state index in [0.717, 1.165) is 18.4 Å². The molecule has 0 unspecified atom stereocenters. The van der Waals surface area contributed by atoms with Crippen molar-refractivity contribution >= 4 is 5.78 Å². The lowest BCUT2D eigenvalue weighted by Gasteiger charge is -1.96. The number of hydrogen-bond donors (Lipinski definition) is 0. The molecule has 0 spiro atoms. The Labute approximate surface area is 68.5 Å². The summed E-state index contributed by atoms with van der Waals surface area (Å²) in [7, 11) is 0. The summed E-state index contributed by atoms with van der Waals surface area (Å²) in [6.45, 7) is 7.80. The van der Waals surface area contributed by atoms with Gasteiger partial charge in [0.2, 0.25) is 0 Å². The van der Waals surface area contributed by atoms with Gasteiger partial charge in [0.05, 0.1) is 0 Å². The Morgan fingerprint density at radius 2 is 2.27 bits per heavy atom. The van der Waals surface area contributed by atoms with Crippen LogP contribution in [0.5, 0.6) is 0 Å². The molecule has 0 saturated heterocycles. The molecule has 0 aliphatic heterocycles. The van der Waals surface area contributed by atoms with Gasteiger partial charge in [-0.05, 0) is 19.3 Å². The van der Waals surface area contributed by atoms with Gasteiger partial charge >= 0.3 is 0 Å². The number of Topliss-reactive ketones (excluding diaryl/α,β-unsaturated/α-hetero) is 1. The van der Waals surface area contributed by atoms with Crippen molar-refractivity contribution in [3.63, 3.8) is 0 Å². The predicted molar refractivity (Wildman–Crippen MR) is 46.3 cm³/mol. The molecule has 1 fully saturated rings. The summed E-state index contributed by atoms with van der Waals surface area (Å²) in [5.74, 6) is 1.49. The third-order valence-corrected chi connectivity index (χ3v) is 2.34.